The number of hydrogen-bond donors (Lipinski definition) is 2. The Morgan fingerprint density at radius 2 is 1.92 bits per heavy atom. The lowest BCUT2D eigenvalue weighted by Crippen LogP contribution is -2.44. The maximum atomic E-state index is 6.15. The highest BCUT2D eigenvalue weighted by atomic mass is 35.5. The van der Waals surface area contributed by atoms with Crippen molar-refractivity contribution in [3.63, 3.8) is 0 Å². The van der Waals surface area contributed by atoms with E-state index in [0.29, 0.717) is 23.3 Å². The van der Waals surface area contributed by atoms with Crippen molar-refractivity contribution in [3.05, 3.63) is 34.6 Å². The van der Waals surface area contributed by atoms with Crippen LogP contribution in [-0.2, 0) is 6.54 Å². The third-order valence-corrected chi connectivity index (χ3v) is 4.58. The highest BCUT2D eigenvalue weighted by Crippen LogP contribution is 2.25. The van der Waals surface area contributed by atoms with Gasteiger partial charge in [-0.1, -0.05) is 17.7 Å². The minimum absolute atomic E-state index is 0.219. The van der Waals surface area contributed by atoms with Gasteiger partial charge in [-0.3, -0.25) is 4.90 Å². The van der Waals surface area contributed by atoms with Crippen molar-refractivity contribution < 1.29 is 0 Å². The zero-order chi connectivity index (χ0) is 17.1. The Morgan fingerprint density at radius 1 is 1.17 bits per heavy atom. The molecule has 2 heterocycles. The van der Waals surface area contributed by atoms with Gasteiger partial charge in [-0.15, -0.1) is 0 Å². The fourth-order valence-corrected chi connectivity index (χ4v) is 2.81. The normalized spacial score (nSPS) is 16.3. The fourth-order valence-electron chi connectivity index (χ4n) is 2.63. The molecule has 1 aromatic heterocycles. The molecule has 0 radical (unpaired) electrons. The van der Waals surface area contributed by atoms with Crippen LogP contribution in [0.2, 0.25) is 5.02 Å². The van der Waals surface area contributed by atoms with Crippen molar-refractivity contribution in [2.75, 3.05) is 44.3 Å². The largest absolute Gasteiger partial charge is 0.368 e. The van der Waals surface area contributed by atoms with E-state index >= 15 is 0 Å². The third kappa shape index (κ3) is 4.11. The van der Waals surface area contributed by atoms with Crippen LogP contribution in [0.25, 0.3) is 0 Å². The van der Waals surface area contributed by atoms with E-state index in [-0.39, 0.29) is 5.95 Å². The quantitative estimate of drug-likeness (QED) is 0.874. The molecule has 1 aliphatic heterocycles. The number of piperazine rings is 1. The van der Waals surface area contributed by atoms with E-state index in [1.54, 1.807) is 0 Å². The Bertz CT molecular complexity index is 714. The molecular weight excluding hydrogens is 326 g/mol. The molecule has 0 atom stereocenters. The number of nitrogens with one attached hydrogen (secondary N) is 1. The molecule has 0 unspecified atom stereocenters. The van der Waals surface area contributed by atoms with Gasteiger partial charge in [-0.2, -0.15) is 15.0 Å². The summed E-state index contributed by atoms with van der Waals surface area (Å²) in [5.74, 6) is 1.34. The van der Waals surface area contributed by atoms with E-state index < -0.39 is 0 Å². The molecule has 8 heteroatoms. The minimum Gasteiger partial charge on any atom is -0.368 e. The van der Waals surface area contributed by atoms with Gasteiger partial charge in [0.2, 0.25) is 11.9 Å². The molecule has 1 saturated heterocycles. The van der Waals surface area contributed by atoms with Crippen LogP contribution in [-0.4, -0.2) is 58.0 Å². The van der Waals surface area contributed by atoms with E-state index in [0.717, 1.165) is 37.4 Å². The molecule has 128 valence electrons. The fraction of sp³-hybridized carbons (Fsp3) is 0.438. The number of rotatable bonds is 4. The van der Waals surface area contributed by atoms with Crippen LogP contribution in [0.15, 0.2) is 18.2 Å². The summed E-state index contributed by atoms with van der Waals surface area (Å²) in [4.78, 5) is 17.6. The first-order valence-electron chi connectivity index (χ1n) is 7.95. The van der Waals surface area contributed by atoms with Crippen molar-refractivity contribution in [2.24, 2.45) is 0 Å². The van der Waals surface area contributed by atoms with Gasteiger partial charge >= 0.3 is 0 Å². The van der Waals surface area contributed by atoms with Gasteiger partial charge in [0.1, 0.15) is 5.82 Å². The lowest BCUT2D eigenvalue weighted by atomic mass is 10.2. The zero-order valence-electron chi connectivity index (χ0n) is 14.0. The molecule has 1 aliphatic rings. The number of aromatic nitrogens is 3. The summed E-state index contributed by atoms with van der Waals surface area (Å²) in [7, 11) is 2.13. The number of halogens is 1. The second-order valence-corrected chi connectivity index (χ2v) is 6.46. The van der Waals surface area contributed by atoms with Crippen molar-refractivity contribution in [2.45, 2.75) is 13.5 Å². The average Bonchev–Trinajstić information content (AvgIpc) is 2.54. The summed E-state index contributed by atoms with van der Waals surface area (Å²) in [5, 5.41) is 3.88. The summed E-state index contributed by atoms with van der Waals surface area (Å²) in [5.41, 5.74) is 7.66. The van der Waals surface area contributed by atoms with Crippen LogP contribution in [0, 0.1) is 6.92 Å². The minimum atomic E-state index is 0.219. The molecule has 7 nitrogen and oxygen atoms in total. The number of anilines is 3. The maximum absolute atomic E-state index is 6.15. The van der Waals surface area contributed by atoms with Crippen LogP contribution in [0.5, 0.6) is 0 Å². The van der Waals surface area contributed by atoms with Gasteiger partial charge in [0.15, 0.2) is 0 Å². The highest BCUT2D eigenvalue weighted by Gasteiger charge is 2.16. The second-order valence-electron chi connectivity index (χ2n) is 6.05. The average molecular weight is 348 g/mol. The molecule has 0 aliphatic carbocycles. The number of nitrogens with two attached hydrogens (primary N) is 1. The molecule has 3 rings (SSSR count). The van der Waals surface area contributed by atoms with Crippen molar-refractivity contribution in [1.82, 2.24) is 24.8 Å². The number of hydrogen-bond acceptors (Lipinski definition) is 7. The van der Waals surface area contributed by atoms with Crippen LogP contribution < -0.4 is 11.1 Å². The zero-order valence-corrected chi connectivity index (χ0v) is 14.7. The molecule has 0 spiro atoms. The summed E-state index contributed by atoms with van der Waals surface area (Å²) >= 11 is 6.15. The molecule has 1 aromatic carbocycles. The molecule has 0 amide bonds. The van der Waals surface area contributed by atoms with Gasteiger partial charge < -0.3 is 16.0 Å². The van der Waals surface area contributed by atoms with E-state index in [9.17, 15) is 0 Å². The Kier molecular flexibility index (Phi) is 5.13. The number of nitrogen functional groups attached to an aromatic ring is 1. The second kappa shape index (κ2) is 7.29. The Hall–Kier alpha value is -1.96. The number of nitrogens with zero attached hydrogens (tertiary/aromatic N) is 5. The van der Waals surface area contributed by atoms with Gasteiger partial charge in [0, 0.05) is 36.9 Å². The van der Waals surface area contributed by atoms with E-state index in [4.69, 9.17) is 17.3 Å². The van der Waals surface area contributed by atoms with E-state index in [1.165, 1.54) is 0 Å². The highest BCUT2D eigenvalue weighted by molar-refractivity contribution is 6.31. The predicted octanol–water partition coefficient (Wildman–Crippen LogP) is 1.91. The lowest BCUT2D eigenvalue weighted by molar-refractivity contribution is 0.145. The molecule has 0 saturated carbocycles. The maximum Gasteiger partial charge on any atom is 0.232 e. The van der Waals surface area contributed by atoms with Gasteiger partial charge in [-0.05, 0) is 31.7 Å². The number of likely N-dealkylation sites (N-methyl/N-ethyl adjacent to an activating group) is 1. The molecular formula is C16H22ClN7. The van der Waals surface area contributed by atoms with E-state index in [1.807, 2.05) is 25.1 Å². The first-order valence-corrected chi connectivity index (χ1v) is 8.32. The topological polar surface area (TPSA) is 83.2 Å². The standard InChI is InChI=1S/C16H22ClN7/c1-11-12(17)4-3-5-13(11)19-16-21-14(20-15(18)22-16)10-24-8-6-23(2)7-9-24/h3-5H,6-10H2,1-2H3,(H3,18,19,20,21,22). The monoisotopic (exact) mass is 347 g/mol. The molecule has 24 heavy (non-hydrogen) atoms. The van der Waals surface area contributed by atoms with Crippen LogP contribution >= 0.6 is 11.6 Å². The Labute approximate surface area is 146 Å². The Balaban J connectivity index is 1.75. The summed E-state index contributed by atoms with van der Waals surface area (Å²) in [6.07, 6.45) is 0. The van der Waals surface area contributed by atoms with Gasteiger partial charge in [0.05, 0.1) is 6.54 Å². The molecule has 1 fully saturated rings. The van der Waals surface area contributed by atoms with Crippen molar-refractivity contribution >= 4 is 29.2 Å². The summed E-state index contributed by atoms with van der Waals surface area (Å²) in [6, 6.07) is 5.66. The van der Waals surface area contributed by atoms with Crippen molar-refractivity contribution in [1.29, 1.82) is 0 Å². The summed E-state index contributed by atoms with van der Waals surface area (Å²) < 4.78 is 0. The molecule has 0 bridgehead atoms. The van der Waals surface area contributed by atoms with Crippen LogP contribution in [0.4, 0.5) is 17.6 Å². The first-order chi connectivity index (χ1) is 11.5. The summed E-state index contributed by atoms with van der Waals surface area (Å²) in [6.45, 7) is 6.71. The van der Waals surface area contributed by atoms with E-state index in [2.05, 4.69) is 37.1 Å². The van der Waals surface area contributed by atoms with Crippen LogP contribution in [0.1, 0.15) is 11.4 Å². The third-order valence-electron chi connectivity index (χ3n) is 4.17. The Morgan fingerprint density at radius 3 is 2.67 bits per heavy atom. The first kappa shape index (κ1) is 16.9. The lowest BCUT2D eigenvalue weighted by Gasteiger charge is -2.31. The molecule has 2 aromatic rings. The SMILES string of the molecule is Cc1c(Cl)cccc1Nc1nc(N)nc(CN2CCN(C)CC2)n1. The van der Waals surface area contributed by atoms with Crippen LogP contribution in [0.3, 0.4) is 0 Å². The van der Waals surface area contributed by atoms with Gasteiger partial charge in [-0.25, -0.2) is 0 Å². The van der Waals surface area contributed by atoms with Gasteiger partial charge in [0.25, 0.3) is 0 Å². The molecule has 3 N–H and O–H groups in total. The van der Waals surface area contributed by atoms with Crippen molar-refractivity contribution in [3.8, 4) is 0 Å². The smallest absolute Gasteiger partial charge is 0.232 e. The predicted molar refractivity (Wildman–Crippen MR) is 96.5 cm³/mol. The number of benzene rings is 1.